The molecule has 0 bridgehead atoms. The number of aromatic nitrogens is 2. The van der Waals surface area contributed by atoms with E-state index in [-0.39, 0.29) is 12.5 Å². The number of amides is 1. The Morgan fingerprint density at radius 3 is 2.93 bits per heavy atom. The topological polar surface area (TPSA) is 113 Å². The minimum Gasteiger partial charge on any atom is -0.465 e. The third-order valence-electron chi connectivity index (χ3n) is 2.33. The Labute approximate surface area is 85.2 Å². The Morgan fingerprint density at radius 2 is 2.40 bits per heavy atom. The van der Waals surface area contributed by atoms with Gasteiger partial charge in [0.15, 0.2) is 0 Å². The summed E-state index contributed by atoms with van der Waals surface area (Å²) in [6.45, 7) is 0.101. The molecular weight excluding hydrogens is 200 g/mol. The van der Waals surface area contributed by atoms with E-state index in [1.165, 1.54) is 6.20 Å². The molecule has 2 rings (SSSR count). The molecule has 1 saturated heterocycles. The molecule has 1 aliphatic heterocycles. The van der Waals surface area contributed by atoms with Gasteiger partial charge in [-0.2, -0.15) is 0 Å². The maximum absolute atomic E-state index is 10.7. The molecule has 2 atom stereocenters. The first kappa shape index (κ1) is 9.66. The van der Waals surface area contributed by atoms with Gasteiger partial charge in [-0.05, 0) is 6.07 Å². The molecule has 0 radical (unpaired) electrons. The van der Waals surface area contributed by atoms with Gasteiger partial charge in [0, 0.05) is 6.20 Å². The molecule has 7 heteroatoms. The monoisotopic (exact) mass is 210 g/mol. The van der Waals surface area contributed by atoms with E-state index in [4.69, 9.17) is 10.8 Å². The van der Waals surface area contributed by atoms with Gasteiger partial charge in [-0.1, -0.05) is 0 Å². The summed E-state index contributed by atoms with van der Waals surface area (Å²) >= 11 is 0. The number of aliphatic hydroxyl groups is 1. The zero-order valence-electron chi connectivity index (χ0n) is 7.74. The van der Waals surface area contributed by atoms with Crippen LogP contribution in [0.5, 0.6) is 0 Å². The van der Waals surface area contributed by atoms with E-state index < -0.39 is 18.2 Å². The van der Waals surface area contributed by atoms with Crippen LogP contribution >= 0.6 is 0 Å². The molecule has 4 N–H and O–H groups in total. The SMILES string of the molecule is Nc1nccc(C2C(O)CN2C(=O)O)n1. The van der Waals surface area contributed by atoms with Crippen molar-refractivity contribution in [2.75, 3.05) is 12.3 Å². The van der Waals surface area contributed by atoms with Crippen molar-refractivity contribution in [2.24, 2.45) is 0 Å². The van der Waals surface area contributed by atoms with Crippen LogP contribution in [-0.4, -0.2) is 43.8 Å². The summed E-state index contributed by atoms with van der Waals surface area (Å²) < 4.78 is 0. The van der Waals surface area contributed by atoms with E-state index in [0.717, 1.165) is 4.90 Å². The molecule has 0 aromatic carbocycles. The maximum Gasteiger partial charge on any atom is 0.408 e. The second-order valence-electron chi connectivity index (χ2n) is 3.29. The highest BCUT2D eigenvalue weighted by molar-refractivity contribution is 5.67. The maximum atomic E-state index is 10.7. The number of hydrogen-bond acceptors (Lipinski definition) is 5. The van der Waals surface area contributed by atoms with E-state index in [1.54, 1.807) is 6.07 Å². The van der Waals surface area contributed by atoms with Gasteiger partial charge in [0.25, 0.3) is 0 Å². The van der Waals surface area contributed by atoms with Crippen LogP contribution in [0.4, 0.5) is 10.7 Å². The number of aliphatic hydroxyl groups excluding tert-OH is 1. The second kappa shape index (κ2) is 3.35. The van der Waals surface area contributed by atoms with Crippen molar-refractivity contribution in [1.29, 1.82) is 0 Å². The summed E-state index contributed by atoms with van der Waals surface area (Å²) in [6.07, 6.45) is -0.374. The number of likely N-dealkylation sites (tertiary alicyclic amines) is 1. The van der Waals surface area contributed by atoms with Crippen LogP contribution < -0.4 is 5.73 Å². The fourth-order valence-electron chi connectivity index (χ4n) is 1.59. The van der Waals surface area contributed by atoms with Crippen molar-refractivity contribution in [3.63, 3.8) is 0 Å². The fraction of sp³-hybridized carbons (Fsp3) is 0.375. The predicted octanol–water partition coefficient (Wildman–Crippen LogP) is -0.546. The van der Waals surface area contributed by atoms with Gasteiger partial charge in [-0.3, -0.25) is 4.90 Å². The number of β-amino-alcohol motifs (C(OH)–C–C–N with tert-alkyl or cyclic N) is 1. The van der Waals surface area contributed by atoms with E-state index in [9.17, 15) is 9.90 Å². The number of carbonyl (C=O) groups is 1. The fourth-order valence-corrected chi connectivity index (χ4v) is 1.59. The number of anilines is 1. The molecule has 1 aromatic rings. The van der Waals surface area contributed by atoms with E-state index >= 15 is 0 Å². The van der Waals surface area contributed by atoms with E-state index in [2.05, 4.69) is 9.97 Å². The summed E-state index contributed by atoms with van der Waals surface area (Å²) in [5, 5.41) is 18.3. The lowest BCUT2D eigenvalue weighted by atomic mass is 9.97. The predicted molar refractivity (Wildman–Crippen MR) is 49.9 cm³/mol. The highest BCUT2D eigenvalue weighted by Crippen LogP contribution is 2.32. The highest BCUT2D eigenvalue weighted by Gasteiger charge is 2.43. The molecule has 1 amide bonds. The average molecular weight is 210 g/mol. The number of rotatable bonds is 1. The van der Waals surface area contributed by atoms with Crippen molar-refractivity contribution < 1.29 is 15.0 Å². The van der Waals surface area contributed by atoms with Crippen LogP contribution in [0.15, 0.2) is 12.3 Å². The first-order valence-electron chi connectivity index (χ1n) is 4.35. The quantitative estimate of drug-likeness (QED) is 0.573. The molecule has 2 heterocycles. The number of nitrogen functional groups attached to an aromatic ring is 1. The molecule has 15 heavy (non-hydrogen) atoms. The minimum absolute atomic E-state index is 0.0666. The summed E-state index contributed by atoms with van der Waals surface area (Å²) in [6, 6.07) is 0.909. The zero-order valence-corrected chi connectivity index (χ0v) is 7.74. The summed E-state index contributed by atoms with van der Waals surface area (Å²) in [7, 11) is 0. The van der Waals surface area contributed by atoms with Gasteiger partial charge in [-0.15, -0.1) is 0 Å². The van der Waals surface area contributed by atoms with Crippen LogP contribution in [0.2, 0.25) is 0 Å². The van der Waals surface area contributed by atoms with Crippen molar-refractivity contribution in [3.05, 3.63) is 18.0 Å². The number of hydrogen-bond donors (Lipinski definition) is 3. The van der Waals surface area contributed by atoms with Crippen molar-refractivity contribution in [3.8, 4) is 0 Å². The van der Waals surface area contributed by atoms with E-state index in [1.807, 2.05) is 0 Å². The molecule has 0 saturated carbocycles. The Morgan fingerprint density at radius 1 is 1.67 bits per heavy atom. The number of nitrogens with zero attached hydrogens (tertiary/aromatic N) is 3. The largest absolute Gasteiger partial charge is 0.465 e. The van der Waals surface area contributed by atoms with Crippen LogP contribution in [0.3, 0.4) is 0 Å². The van der Waals surface area contributed by atoms with Gasteiger partial charge in [-0.25, -0.2) is 14.8 Å². The molecule has 0 aliphatic carbocycles. The third-order valence-corrected chi connectivity index (χ3v) is 2.33. The van der Waals surface area contributed by atoms with Crippen molar-refractivity contribution >= 4 is 12.0 Å². The smallest absolute Gasteiger partial charge is 0.408 e. The second-order valence-corrected chi connectivity index (χ2v) is 3.29. The van der Waals surface area contributed by atoms with Gasteiger partial charge in [0.1, 0.15) is 6.04 Å². The van der Waals surface area contributed by atoms with Gasteiger partial charge in [0.2, 0.25) is 5.95 Å². The first-order chi connectivity index (χ1) is 7.09. The molecule has 1 fully saturated rings. The molecule has 80 valence electrons. The normalized spacial score (nSPS) is 24.7. The van der Waals surface area contributed by atoms with Gasteiger partial charge >= 0.3 is 6.09 Å². The lowest BCUT2D eigenvalue weighted by Crippen LogP contribution is -2.55. The zero-order chi connectivity index (χ0) is 11.0. The van der Waals surface area contributed by atoms with Crippen LogP contribution in [-0.2, 0) is 0 Å². The Bertz CT molecular complexity index is 397. The summed E-state index contributed by atoms with van der Waals surface area (Å²) in [5.41, 5.74) is 5.79. The van der Waals surface area contributed by atoms with Crippen molar-refractivity contribution in [1.82, 2.24) is 14.9 Å². The molecule has 1 aliphatic rings. The number of carboxylic acid groups (broad SMARTS) is 1. The van der Waals surface area contributed by atoms with E-state index in [0.29, 0.717) is 5.69 Å². The number of nitrogens with two attached hydrogens (primary N) is 1. The Balaban J connectivity index is 2.26. The Hall–Kier alpha value is -1.89. The van der Waals surface area contributed by atoms with Crippen LogP contribution in [0.1, 0.15) is 11.7 Å². The summed E-state index contributed by atoms with van der Waals surface area (Å²) in [5.74, 6) is 0.0666. The van der Waals surface area contributed by atoms with Crippen LogP contribution in [0, 0.1) is 0 Å². The lowest BCUT2D eigenvalue weighted by Gasteiger charge is -2.42. The molecule has 0 spiro atoms. The minimum atomic E-state index is -1.08. The average Bonchev–Trinajstić information content (AvgIpc) is 2.13. The summed E-state index contributed by atoms with van der Waals surface area (Å²) in [4.78, 5) is 19.4. The van der Waals surface area contributed by atoms with Gasteiger partial charge < -0.3 is 15.9 Å². The molecular formula is C8H10N4O3. The van der Waals surface area contributed by atoms with Crippen LogP contribution in [0.25, 0.3) is 0 Å². The molecule has 1 aromatic heterocycles. The lowest BCUT2D eigenvalue weighted by molar-refractivity contribution is -0.0497. The standard InChI is InChI=1S/C8H10N4O3/c9-7-10-2-1-4(11-7)6-5(13)3-12(6)8(14)15/h1-2,5-6,13H,3H2,(H,14,15)(H2,9,10,11). The molecule has 7 nitrogen and oxygen atoms in total. The van der Waals surface area contributed by atoms with Gasteiger partial charge in [0.05, 0.1) is 18.3 Å². The Kier molecular flexibility index (Phi) is 2.16. The first-order valence-corrected chi connectivity index (χ1v) is 4.35. The third kappa shape index (κ3) is 1.57. The highest BCUT2D eigenvalue weighted by atomic mass is 16.4. The van der Waals surface area contributed by atoms with Crippen molar-refractivity contribution in [2.45, 2.75) is 12.1 Å². The molecule has 2 unspecified atom stereocenters.